The van der Waals surface area contributed by atoms with Crippen LogP contribution in [-0.4, -0.2) is 36.9 Å². The maximum atomic E-state index is 12.3. The third-order valence-corrected chi connectivity index (χ3v) is 4.47. The molecule has 112 valence electrons. The van der Waals surface area contributed by atoms with Crippen molar-refractivity contribution in [3.8, 4) is 0 Å². The molecule has 21 heavy (non-hydrogen) atoms. The average Bonchev–Trinajstić information content (AvgIpc) is 2.75. The van der Waals surface area contributed by atoms with Crippen molar-refractivity contribution >= 4 is 50.5 Å². The van der Waals surface area contributed by atoms with E-state index in [0.29, 0.717) is 15.6 Å². The number of carbonyl (C=O) groups excluding carboxylic acids is 2. The molecule has 0 saturated carbocycles. The maximum Gasteiger partial charge on any atom is 0.264 e. The quantitative estimate of drug-likeness (QED) is 0.909. The minimum atomic E-state index is -0.610. The van der Waals surface area contributed by atoms with Gasteiger partial charge < -0.3 is 16.0 Å². The second-order valence-corrected chi connectivity index (χ2v) is 6.40. The summed E-state index contributed by atoms with van der Waals surface area (Å²) >= 11 is 7.22. The summed E-state index contributed by atoms with van der Waals surface area (Å²) in [5.41, 5.74) is 6.40. The van der Waals surface area contributed by atoms with E-state index < -0.39 is 6.04 Å². The molecule has 1 unspecified atom stereocenters. The number of halogens is 1. The summed E-state index contributed by atoms with van der Waals surface area (Å²) < 4.78 is 0.883. The Balaban J connectivity index is 2.28. The van der Waals surface area contributed by atoms with E-state index >= 15 is 0 Å². The topological polar surface area (TPSA) is 75.4 Å². The zero-order chi connectivity index (χ0) is 15.7. The van der Waals surface area contributed by atoms with Crippen LogP contribution in [0, 0.1) is 0 Å². The van der Waals surface area contributed by atoms with Gasteiger partial charge in [0.25, 0.3) is 5.91 Å². The van der Waals surface area contributed by atoms with E-state index in [1.165, 1.54) is 16.2 Å². The number of thiophene rings is 1. The second-order valence-electron chi connectivity index (χ2n) is 4.91. The van der Waals surface area contributed by atoms with E-state index in [1.807, 2.05) is 6.07 Å². The molecule has 3 N–H and O–H groups in total. The third-order valence-electron chi connectivity index (χ3n) is 3.05. The molecule has 7 heteroatoms. The summed E-state index contributed by atoms with van der Waals surface area (Å²) in [4.78, 5) is 25.9. The number of nitrogens with two attached hydrogens (primary N) is 1. The van der Waals surface area contributed by atoms with E-state index in [0.717, 1.165) is 10.1 Å². The van der Waals surface area contributed by atoms with E-state index in [1.54, 1.807) is 33.2 Å². The Morgan fingerprint density at radius 1 is 1.38 bits per heavy atom. The number of rotatable bonds is 3. The van der Waals surface area contributed by atoms with Crippen LogP contribution in [0.4, 0.5) is 5.69 Å². The van der Waals surface area contributed by atoms with Crippen molar-refractivity contribution < 1.29 is 9.59 Å². The van der Waals surface area contributed by atoms with Crippen molar-refractivity contribution in [1.29, 1.82) is 0 Å². The lowest BCUT2D eigenvalue weighted by Gasteiger charge is -2.17. The number of amides is 2. The molecule has 0 radical (unpaired) electrons. The fourth-order valence-corrected chi connectivity index (χ4v) is 3.15. The summed E-state index contributed by atoms with van der Waals surface area (Å²) in [6.07, 6.45) is 0. The van der Waals surface area contributed by atoms with Gasteiger partial charge in [-0.25, -0.2) is 0 Å². The van der Waals surface area contributed by atoms with Gasteiger partial charge in [0.2, 0.25) is 5.91 Å². The molecule has 2 aromatic rings. The Morgan fingerprint density at radius 3 is 2.67 bits per heavy atom. The van der Waals surface area contributed by atoms with Crippen molar-refractivity contribution in [3.05, 3.63) is 28.1 Å². The van der Waals surface area contributed by atoms with Crippen molar-refractivity contribution in [2.45, 2.75) is 13.0 Å². The van der Waals surface area contributed by atoms with E-state index in [2.05, 4.69) is 5.32 Å². The molecule has 0 saturated heterocycles. The van der Waals surface area contributed by atoms with Crippen molar-refractivity contribution in [2.75, 3.05) is 19.8 Å². The minimum Gasteiger partial charge on any atom is -0.397 e. The van der Waals surface area contributed by atoms with Gasteiger partial charge in [0.15, 0.2) is 0 Å². The first kappa shape index (κ1) is 15.6. The summed E-state index contributed by atoms with van der Waals surface area (Å²) in [5.74, 6) is -0.529. The molecule has 1 aromatic heterocycles. The number of nitrogens with one attached hydrogen (secondary N) is 1. The lowest BCUT2D eigenvalue weighted by Crippen LogP contribution is -2.44. The number of hydrogen-bond donors (Lipinski definition) is 2. The fraction of sp³-hybridized carbons (Fsp3) is 0.286. The van der Waals surface area contributed by atoms with Crippen LogP contribution in [0.1, 0.15) is 16.6 Å². The summed E-state index contributed by atoms with van der Waals surface area (Å²) in [5, 5.41) is 3.98. The third kappa shape index (κ3) is 3.11. The molecule has 0 bridgehead atoms. The van der Waals surface area contributed by atoms with Crippen LogP contribution in [0.25, 0.3) is 10.1 Å². The van der Waals surface area contributed by atoms with Gasteiger partial charge in [-0.3, -0.25) is 9.59 Å². The first-order valence-corrected chi connectivity index (χ1v) is 7.50. The van der Waals surface area contributed by atoms with E-state index in [4.69, 9.17) is 17.3 Å². The molecule has 0 aliphatic carbocycles. The lowest BCUT2D eigenvalue weighted by atomic mass is 10.2. The van der Waals surface area contributed by atoms with Crippen molar-refractivity contribution in [2.24, 2.45) is 0 Å². The van der Waals surface area contributed by atoms with Gasteiger partial charge in [0.1, 0.15) is 10.9 Å². The van der Waals surface area contributed by atoms with Gasteiger partial charge in [-0.1, -0.05) is 11.6 Å². The standard InChI is InChI=1S/C14H16ClN3O2S/c1-7(14(20)18(2)3)17-13(19)12-11(16)9-6-8(15)4-5-10(9)21-12/h4-7H,16H2,1-3H3,(H,17,19). The van der Waals surface area contributed by atoms with Gasteiger partial charge >= 0.3 is 0 Å². The number of hydrogen-bond acceptors (Lipinski definition) is 4. The molecule has 0 fully saturated rings. The second kappa shape index (κ2) is 5.91. The SMILES string of the molecule is CC(NC(=O)c1sc2ccc(Cl)cc2c1N)C(=O)N(C)C. The number of nitrogens with zero attached hydrogens (tertiary/aromatic N) is 1. The molecule has 1 heterocycles. The molecule has 0 aliphatic rings. The molecule has 0 aliphatic heterocycles. The Labute approximate surface area is 131 Å². The largest absolute Gasteiger partial charge is 0.397 e. The van der Waals surface area contributed by atoms with Gasteiger partial charge in [-0.2, -0.15) is 0 Å². The predicted octanol–water partition coefficient (Wildman–Crippen LogP) is 2.34. The van der Waals surface area contributed by atoms with Crippen LogP contribution >= 0.6 is 22.9 Å². The molecular formula is C14H16ClN3O2S. The highest BCUT2D eigenvalue weighted by Crippen LogP contribution is 2.35. The molecular weight excluding hydrogens is 310 g/mol. The number of carbonyl (C=O) groups is 2. The van der Waals surface area contributed by atoms with Gasteiger partial charge in [-0.15, -0.1) is 11.3 Å². The van der Waals surface area contributed by atoms with Gasteiger partial charge in [-0.05, 0) is 25.1 Å². The summed E-state index contributed by atoms with van der Waals surface area (Å²) in [6, 6.07) is 4.69. The number of nitrogen functional groups attached to an aromatic ring is 1. The molecule has 1 atom stereocenters. The number of fused-ring (bicyclic) bond motifs is 1. The summed E-state index contributed by atoms with van der Waals surface area (Å²) in [6.45, 7) is 1.64. The minimum absolute atomic E-state index is 0.175. The van der Waals surface area contributed by atoms with E-state index in [9.17, 15) is 9.59 Å². The van der Waals surface area contributed by atoms with Crippen LogP contribution in [0.15, 0.2) is 18.2 Å². The molecule has 2 amide bonds. The highest BCUT2D eigenvalue weighted by molar-refractivity contribution is 7.21. The monoisotopic (exact) mass is 325 g/mol. The van der Waals surface area contributed by atoms with Crippen LogP contribution in [0.2, 0.25) is 5.02 Å². The molecule has 5 nitrogen and oxygen atoms in total. The number of anilines is 1. The summed E-state index contributed by atoms with van der Waals surface area (Å²) in [7, 11) is 3.28. The van der Waals surface area contributed by atoms with Crippen LogP contribution < -0.4 is 11.1 Å². The lowest BCUT2D eigenvalue weighted by molar-refractivity contribution is -0.130. The van der Waals surface area contributed by atoms with Crippen LogP contribution in [-0.2, 0) is 4.79 Å². The zero-order valence-electron chi connectivity index (χ0n) is 11.9. The smallest absolute Gasteiger partial charge is 0.264 e. The molecule has 1 aromatic carbocycles. The highest BCUT2D eigenvalue weighted by atomic mass is 35.5. The first-order chi connectivity index (χ1) is 9.81. The van der Waals surface area contributed by atoms with Crippen molar-refractivity contribution in [3.63, 3.8) is 0 Å². The van der Waals surface area contributed by atoms with Crippen molar-refractivity contribution in [1.82, 2.24) is 10.2 Å². The van der Waals surface area contributed by atoms with E-state index in [-0.39, 0.29) is 11.8 Å². The van der Waals surface area contributed by atoms with Gasteiger partial charge in [0, 0.05) is 29.2 Å². The Kier molecular flexibility index (Phi) is 4.39. The van der Waals surface area contributed by atoms with Crippen LogP contribution in [0.5, 0.6) is 0 Å². The molecule has 2 rings (SSSR count). The predicted molar refractivity (Wildman–Crippen MR) is 86.9 cm³/mol. The molecule has 0 spiro atoms. The Morgan fingerprint density at radius 2 is 2.05 bits per heavy atom. The Hall–Kier alpha value is -1.79. The zero-order valence-corrected chi connectivity index (χ0v) is 13.5. The normalized spacial score (nSPS) is 12.2. The van der Waals surface area contributed by atoms with Gasteiger partial charge in [0.05, 0.1) is 5.69 Å². The first-order valence-electron chi connectivity index (χ1n) is 6.30. The van der Waals surface area contributed by atoms with Crippen LogP contribution in [0.3, 0.4) is 0 Å². The fourth-order valence-electron chi connectivity index (χ4n) is 1.97. The highest BCUT2D eigenvalue weighted by Gasteiger charge is 2.22. The maximum absolute atomic E-state index is 12.3. The Bertz CT molecular complexity index is 712. The number of likely N-dealkylation sites (N-methyl/N-ethyl adjacent to an activating group) is 1. The average molecular weight is 326 g/mol. The number of benzene rings is 1.